The number of halogens is 4. The maximum Gasteiger partial charge on any atom is 0.387 e. The molecule has 0 unspecified atom stereocenters. The lowest BCUT2D eigenvalue weighted by Gasteiger charge is -2.09. The Morgan fingerprint density at radius 1 is 1.16 bits per heavy atom. The van der Waals surface area contributed by atoms with E-state index in [0.29, 0.717) is 17.4 Å². The zero-order valence-corrected chi connectivity index (χ0v) is 14.7. The fourth-order valence-electron chi connectivity index (χ4n) is 2.05. The maximum absolute atomic E-state index is 13.6. The monoisotopic (exact) mass is 416 g/mol. The predicted molar refractivity (Wildman–Crippen MR) is 92.4 cm³/mol. The number of alkyl halides is 2. The first-order valence-electron chi connectivity index (χ1n) is 7.43. The van der Waals surface area contributed by atoms with Crippen LogP contribution in [0.5, 0.6) is 5.75 Å². The number of rotatable bonds is 8. The molecule has 4 nitrogen and oxygen atoms in total. The number of nitrogens with one attached hydrogen (secondary N) is 2. The molecule has 8 heteroatoms. The number of hydrogen-bond donors (Lipinski definition) is 2. The summed E-state index contributed by atoms with van der Waals surface area (Å²) in [5.41, 5.74) is 1.11. The molecule has 0 aromatic heterocycles. The van der Waals surface area contributed by atoms with Crippen LogP contribution >= 0.6 is 15.9 Å². The molecule has 0 heterocycles. The molecule has 0 saturated carbocycles. The number of carbonyl (C=O) groups is 1. The molecule has 0 atom stereocenters. The Morgan fingerprint density at radius 2 is 1.88 bits per heavy atom. The highest BCUT2D eigenvalue weighted by Crippen LogP contribution is 2.19. The van der Waals surface area contributed by atoms with Gasteiger partial charge in [-0.1, -0.05) is 28.1 Å². The number of ether oxygens (including phenoxy) is 1. The van der Waals surface area contributed by atoms with E-state index >= 15 is 0 Å². The lowest BCUT2D eigenvalue weighted by molar-refractivity contribution is -0.119. The predicted octanol–water partition coefficient (Wildman–Crippen LogP) is 3.96. The van der Waals surface area contributed by atoms with Crippen molar-refractivity contribution in [1.29, 1.82) is 0 Å². The van der Waals surface area contributed by atoms with E-state index in [1.807, 2.05) is 0 Å². The van der Waals surface area contributed by atoms with Crippen LogP contribution in [0.15, 0.2) is 46.9 Å². The van der Waals surface area contributed by atoms with Gasteiger partial charge < -0.3 is 15.4 Å². The molecule has 134 valence electrons. The van der Waals surface area contributed by atoms with Crippen LogP contribution in [0.2, 0.25) is 0 Å². The lowest BCUT2D eigenvalue weighted by atomic mass is 10.1. The molecule has 0 aliphatic heterocycles. The van der Waals surface area contributed by atoms with E-state index in [4.69, 9.17) is 0 Å². The van der Waals surface area contributed by atoms with Crippen LogP contribution in [-0.2, 0) is 11.2 Å². The van der Waals surface area contributed by atoms with Gasteiger partial charge in [0.15, 0.2) is 0 Å². The molecule has 0 saturated heterocycles. The lowest BCUT2D eigenvalue weighted by Crippen LogP contribution is -2.31. The summed E-state index contributed by atoms with van der Waals surface area (Å²) in [6.07, 6.45) is 0.535. The van der Waals surface area contributed by atoms with Crippen molar-refractivity contribution in [1.82, 2.24) is 5.32 Å². The van der Waals surface area contributed by atoms with Crippen molar-refractivity contribution >= 4 is 27.5 Å². The average Bonchev–Trinajstić information content (AvgIpc) is 2.55. The van der Waals surface area contributed by atoms with Gasteiger partial charge in [-0.2, -0.15) is 8.78 Å². The Hall–Kier alpha value is -2.22. The van der Waals surface area contributed by atoms with Crippen molar-refractivity contribution in [3.05, 3.63) is 58.3 Å². The molecule has 0 aliphatic rings. The van der Waals surface area contributed by atoms with Crippen LogP contribution in [0.25, 0.3) is 0 Å². The molecule has 0 aliphatic carbocycles. The van der Waals surface area contributed by atoms with Crippen molar-refractivity contribution < 1.29 is 22.7 Å². The zero-order valence-electron chi connectivity index (χ0n) is 13.1. The third-order valence-corrected chi connectivity index (χ3v) is 3.75. The number of hydrogen-bond acceptors (Lipinski definition) is 3. The van der Waals surface area contributed by atoms with Gasteiger partial charge in [-0.25, -0.2) is 4.39 Å². The van der Waals surface area contributed by atoms with Crippen LogP contribution < -0.4 is 15.4 Å². The fourth-order valence-corrected chi connectivity index (χ4v) is 2.39. The maximum atomic E-state index is 13.6. The van der Waals surface area contributed by atoms with Gasteiger partial charge in [0.05, 0.1) is 12.2 Å². The van der Waals surface area contributed by atoms with Crippen LogP contribution in [-0.4, -0.2) is 25.6 Å². The first kappa shape index (κ1) is 19.1. The molecule has 2 rings (SSSR count). The van der Waals surface area contributed by atoms with E-state index in [1.54, 1.807) is 18.2 Å². The Morgan fingerprint density at radius 3 is 2.52 bits per heavy atom. The Balaban J connectivity index is 1.71. The summed E-state index contributed by atoms with van der Waals surface area (Å²) in [4.78, 5) is 11.8. The fraction of sp³-hybridized carbons (Fsp3) is 0.235. The van der Waals surface area contributed by atoms with E-state index in [1.165, 1.54) is 24.3 Å². The van der Waals surface area contributed by atoms with Crippen molar-refractivity contribution in [3.63, 3.8) is 0 Å². The van der Waals surface area contributed by atoms with Gasteiger partial charge in [0.25, 0.3) is 0 Å². The smallest absolute Gasteiger partial charge is 0.387 e. The zero-order chi connectivity index (χ0) is 18.2. The SMILES string of the molecule is O=C(CNc1ccc(Br)cc1F)NCCc1ccc(OC(F)F)cc1. The second kappa shape index (κ2) is 9.31. The summed E-state index contributed by atoms with van der Waals surface area (Å²) in [7, 11) is 0. The highest BCUT2D eigenvalue weighted by molar-refractivity contribution is 9.10. The van der Waals surface area contributed by atoms with Gasteiger partial charge in [-0.05, 0) is 42.3 Å². The van der Waals surface area contributed by atoms with E-state index in [-0.39, 0.29) is 23.9 Å². The molecule has 1 amide bonds. The molecule has 2 aromatic carbocycles. The van der Waals surface area contributed by atoms with E-state index in [0.717, 1.165) is 5.56 Å². The third-order valence-electron chi connectivity index (χ3n) is 3.25. The normalized spacial score (nSPS) is 10.6. The molecule has 0 fully saturated rings. The highest BCUT2D eigenvalue weighted by Gasteiger charge is 2.06. The van der Waals surface area contributed by atoms with Crippen molar-refractivity contribution in [2.75, 3.05) is 18.4 Å². The molecule has 0 bridgehead atoms. The van der Waals surface area contributed by atoms with Gasteiger partial charge in [-0.15, -0.1) is 0 Å². The van der Waals surface area contributed by atoms with E-state index in [2.05, 4.69) is 31.3 Å². The number of benzene rings is 2. The topological polar surface area (TPSA) is 50.4 Å². The Bertz CT molecular complexity index is 712. The molecular formula is C17H16BrF3N2O2. The first-order chi connectivity index (χ1) is 11.9. The minimum Gasteiger partial charge on any atom is -0.435 e. The van der Waals surface area contributed by atoms with Crippen molar-refractivity contribution in [2.45, 2.75) is 13.0 Å². The summed E-state index contributed by atoms with van der Waals surface area (Å²) in [6.45, 7) is -2.54. The van der Waals surface area contributed by atoms with E-state index < -0.39 is 12.4 Å². The van der Waals surface area contributed by atoms with Gasteiger partial charge in [0.1, 0.15) is 11.6 Å². The standard InChI is InChI=1S/C17H16BrF3N2O2/c18-12-3-6-15(14(19)9-12)23-10-16(24)22-8-7-11-1-4-13(5-2-11)25-17(20)21/h1-6,9,17,23H,7-8,10H2,(H,22,24). The number of amides is 1. The van der Waals surface area contributed by atoms with Crippen LogP contribution in [0.3, 0.4) is 0 Å². The summed E-state index contributed by atoms with van der Waals surface area (Å²) in [5.74, 6) is -0.642. The first-order valence-corrected chi connectivity index (χ1v) is 8.22. The Kier molecular flexibility index (Phi) is 7.12. The average molecular weight is 417 g/mol. The van der Waals surface area contributed by atoms with Gasteiger partial charge in [0.2, 0.25) is 5.91 Å². The van der Waals surface area contributed by atoms with Gasteiger partial charge >= 0.3 is 6.61 Å². The second-order valence-electron chi connectivity index (χ2n) is 5.10. The largest absolute Gasteiger partial charge is 0.435 e. The highest BCUT2D eigenvalue weighted by atomic mass is 79.9. The molecule has 25 heavy (non-hydrogen) atoms. The van der Waals surface area contributed by atoms with Gasteiger partial charge in [-0.3, -0.25) is 4.79 Å². The minimum absolute atomic E-state index is 0.0558. The van der Waals surface area contributed by atoms with Crippen LogP contribution in [0.1, 0.15) is 5.56 Å². The summed E-state index contributed by atoms with van der Waals surface area (Å²) in [6, 6.07) is 10.7. The van der Waals surface area contributed by atoms with Crippen molar-refractivity contribution in [3.8, 4) is 5.75 Å². The summed E-state index contributed by atoms with van der Waals surface area (Å²) < 4.78 is 42.6. The number of carbonyl (C=O) groups excluding carboxylic acids is 1. The number of anilines is 1. The second-order valence-corrected chi connectivity index (χ2v) is 6.02. The van der Waals surface area contributed by atoms with Crippen LogP contribution in [0, 0.1) is 5.82 Å². The Labute approximate surface area is 151 Å². The summed E-state index contributed by atoms with van der Waals surface area (Å²) in [5, 5.41) is 5.41. The third kappa shape index (κ3) is 6.66. The van der Waals surface area contributed by atoms with E-state index in [9.17, 15) is 18.0 Å². The summed E-state index contributed by atoms with van der Waals surface area (Å²) >= 11 is 3.16. The minimum atomic E-state index is -2.85. The van der Waals surface area contributed by atoms with Crippen LogP contribution in [0.4, 0.5) is 18.9 Å². The molecular weight excluding hydrogens is 401 g/mol. The molecule has 0 spiro atoms. The van der Waals surface area contributed by atoms with Crippen molar-refractivity contribution in [2.24, 2.45) is 0 Å². The molecule has 2 N–H and O–H groups in total. The molecule has 0 radical (unpaired) electrons. The quantitative estimate of drug-likeness (QED) is 0.684. The molecule has 2 aromatic rings. The van der Waals surface area contributed by atoms with Gasteiger partial charge in [0, 0.05) is 11.0 Å².